The Bertz CT molecular complexity index is 890. The molecule has 0 atom stereocenters. The number of benzene rings is 1. The monoisotopic (exact) mass is 377 g/mol. The van der Waals surface area contributed by atoms with Crippen molar-refractivity contribution >= 4 is 26.8 Å². The van der Waals surface area contributed by atoms with Crippen LogP contribution in [0.2, 0.25) is 0 Å². The van der Waals surface area contributed by atoms with Gasteiger partial charge in [-0.1, -0.05) is 0 Å². The van der Waals surface area contributed by atoms with E-state index in [4.69, 9.17) is 4.74 Å². The van der Waals surface area contributed by atoms with E-state index in [2.05, 4.69) is 14.9 Å². The van der Waals surface area contributed by atoms with Gasteiger partial charge in [-0.15, -0.1) is 0 Å². The molecule has 1 aromatic carbocycles. The molecule has 0 radical (unpaired) electrons. The Morgan fingerprint density at radius 3 is 2.35 bits per heavy atom. The molecule has 2 saturated heterocycles. The lowest BCUT2D eigenvalue weighted by Crippen LogP contribution is -2.52. The number of hydrogen-bond acceptors (Lipinski definition) is 6. The van der Waals surface area contributed by atoms with Gasteiger partial charge in [0.15, 0.2) is 0 Å². The van der Waals surface area contributed by atoms with Crippen LogP contribution in [0.3, 0.4) is 0 Å². The van der Waals surface area contributed by atoms with E-state index in [0.717, 1.165) is 29.4 Å². The smallest absolute Gasteiger partial charge is 0.282 e. The number of rotatable bonds is 4. The highest BCUT2D eigenvalue weighted by Crippen LogP contribution is 2.27. The van der Waals surface area contributed by atoms with Gasteiger partial charge in [0.2, 0.25) is 5.88 Å². The van der Waals surface area contributed by atoms with Gasteiger partial charge in [-0.2, -0.15) is 17.0 Å². The lowest BCUT2D eigenvalue weighted by molar-refractivity contribution is 0.343. The molecule has 1 aromatic heterocycles. The highest BCUT2D eigenvalue weighted by molar-refractivity contribution is 7.86. The number of hydrogen-bond donors (Lipinski definition) is 0. The second-order valence-corrected chi connectivity index (χ2v) is 8.51. The van der Waals surface area contributed by atoms with E-state index >= 15 is 0 Å². The number of ether oxygens (including phenoxy) is 1. The van der Waals surface area contributed by atoms with Crippen molar-refractivity contribution in [1.82, 2.24) is 18.6 Å². The van der Waals surface area contributed by atoms with Crippen LogP contribution in [-0.4, -0.2) is 73.4 Å². The second-order valence-electron chi connectivity index (χ2n) is 6.58. The van der Waals surface area contributed by atoms with Crippen LogP contribution in [0.15, 0.2) is 24.5 Å². The highest BCUT2D eigenvalue weighted by Gasteiger charge is 2.33. The third kappa shape index (κ3) is 3.10. The van der Waals surface area contributed by atoms with E-state index in [1.807, 2.05) is 18.2 Å². The zero-order chi connectivity index (χ0) is 18.1. The lowest BCUT2D eigenvalue weighted by Gasteiger charge is -2.37. The van der Waals surface area contributed by atoms with Crippen LogP contribution in [0.4, 0.5) is 5.69 Å². The topological polar surface area (TPSA) is 78.9 Å². The fraction of sp³-hybridized carbons (Fsp3) is 0.529. The van der Waals surface area contributed by atoms with Crippen molar-refractivity contribution in [2.24, 2.45) is 0 Å². The van der Waals surface area contributed by atoms with E-state index < -0.39 is 10.2 Å². The lowest BCUT2D eigenvalue weighted by atomic mass is 10.2. The maximum Gasteiger partial charge on any atom is 0.282 e. The van der Waals surface area contributed by atoms with Crippen LogP contribution in [-0.2, 0) is 10.2 Å². The molecular weight excluding hydrogens is 354 g/mol. The molecule has 9 heteroatoms. The van der Waals surface area contributed by atoms with Gasteiger partial charge in [0.1, 0.15) is 6.33 Å². The van der Waals surface area contributed by atoms with Crippen LogP contribution in [0.25, 0.3) is 10.9 Å². The van der Waals surface area contributed by atoms with Crippen molar-refractivity contribution in [3.05, 3.63) is 24.5 Å². The molecule has 0 aliphatic carbocycles. The van der Waals surface area contributed by atoms with Crippen LogP contribution < -0.4 is 9.64 Å². The quantitative estimate of drug-likeness (QED) is 0.794. The van der Waals surface area contributed by atoms with Gasteiger partial charge in [-0.05, 0) is 31.0 Å². The van der Waals surface area contributed by atoms with Gasteiger partial charge >= 0.3 is 0 Å². The average Bonchev–Trinajstić information content (AvgIpc) is 3.23. The third-order valence-corrected chi connectivity index (χ3v) is 7.13. The molecule has 2 aromatic rings. The van der Waals surface area contributed by atoms with Crippen LogP contribution >= 0.6 is 0 Å². The first kappa shape index (κ1) is 17.4. The number of anilines is 1. The minimum Gasteiger partial charge on any atom is -0.480 e. The maximum atomic E-state index is 12.7. The normalized spacial score (nSPS) is 20.0. The molecule has 2 aliphatic heterocycles. The van der Waals surface area contributed by atoms with E-state index in [-0.39, 0.29) is 0 Å². The summed E-state index contributed by atoms with van der Waals surface area (Å²) in [5.41, 5.74) is 1.86. The number of methoxy groups -OCH3 is 1. The predicted octanol–water partition coefficient (Wildman–Crippen LogP) is 1.10. The van der Waals surface area contributed by atoms with Crippen LogP contribution in [0.5, 0.6) is 5.88 Å². The molecule has 2 aliphatic rings. The van der Waals surface area contributed by atoms with Crippen molar-refractivity contribution in [1.29, 1.82) is 0 Å². The Morgan fingerprint density at radius 2 is 1.65 bits per heavy atom. The molecule has 2 fully saturated rings. The largest absolute Gasteiger partial charge is 0.480 e. The zero-order valence-electron chi connectivity index (χ0n) is 14.8. The van der Waals surface area contributed by atoms with Gasteiger partial charge in [-0.3, -0.25) is 0 Å². The molecule has 0 bridgehead atoms. The fourth-order valence-electron chi connectivity index (χ4n) is 3.64. The van der Waals surface area contributed by atoms with E-state index in [1.165, 1.54) is 6.33 Å². The molecule has 0 unspecified atom stereocenters. The first-order valence-corrected chi connectivity index (χ1v) is 10.3. The minimum absolute atomic E-state index is 0.499. The van der Waals surface area contributed by atoms with E-state index in [9.17, 15) is 8.42 Å². The first-order chi connectivity index (χ1) is 12.6. The summed E-state index contributed by atoms with van der Waals surface area (Å²) >= 11 is 0. The molecule has 4 rings (SSSR count). The molecule has 0 amide bonds. The average molecular weight is 377 g/mol. The molecule has 0 saturated carbocycles. The van der Waals surface area contributed by atoms with Gasteiger partial charge in [-0.25, -0.2) is 9.97 Å². The number of piperazine rings is 1. The molecule has 0 N–H and O–H groups in total. The van der Waals surface area contributed by atoms with Crippen molar-refractivity contribution in [3.8, 4) is 5.88 Å². The zero-order valence-corrected chi connectivity index (χ0v) is 15.7. The summed E-state index contributed by atoms with van der Waals surface area (Å²) < 4.78 is 33.9. The Kier molecular flexibility index (Phi) is 4.68. The van der Waals surface area contributed by atoms with Crippen molar-refractivity contribution in [2.45, 2.75) is 12.8 Å². The summed E-state index contributed by atoms with van der Waals surface area (Å²) in [4.78, 5) is 10.6. The van der Waals surface area contributed by atoms with Crippen LogP contribution in [0.1, 0.15) is 12.8 Å². The summed E-state index contributed by atoms with van der Waals surface area (Å²) in [5, 5.41) is 0.861. The van der Waals surface area contributed by atoms with Gasteiger partial charge in [0.05, 0.1) is 18.0 Å². The Hall–Kier alpha value is -1.97. The molecule has 0 spiro atoms. The van der Waals surface area contributed by atoms with E-state index in [1.54, 1.807) is 15.7 Å². The third-order valence-electron chi connectivity index (χ3n) is 5.10. The molecule has 26 heavy (non-hydrogen) atoms. The van der Waals surface area contributed by atoms with Crippen molar-refractivity contribution in [3.63, 3.8) is 0 Å². The number of fused-ring (bicyclic) bond motifs is 1. The summed E-state index contributed by atoms with van der Waals surface area (Å²) in [6, 6.07) is 5.97. The molecule has 8 nitrogen and oxygen atoms in total. The maximum absolute atomic E-state index is 12.7. The van der Waals surface area contributed by atoms with Gasteiger partial charge in [0, 0.05) is 45.0 Å². The molecule has 3 heterocycles. The van der Waals surface area contributed by atoms with Crippen molar-refractivity contribution in [2.75, 3.05) is 51.3 Å². The summed E-state index contributed by atoms with van der Waals surface area (Å²) in [5.74, 6) is 0.548. The Balaban J connectivity index is 1.50. The highest BCUT2D eigenvalue weighted by atomic mass is 32.2. The van der Waals surface area contributed by atoms with E-state index in [0.29, 0.717) is 45.1 Å². The predicted molar refractivity (Wildman–Crippen MR) is 99.6 cm³/mol. The summed E-state index contributed by atoms with van der Waals surface area (Å²) in [7, 11) is -1.72. The summed E-state index contributed by atoms with van der Waals surface area (Å²) in [6.07, 6.45) is 3.41. The minimum atomic E-state index is -3.31. The molecule has 140 valence electrons. The number of nitrogens with zero attached hydrogens (tertiary/aromatic N) is 5. The van der Waals surface area contributed by atoms with Gasteiger partial charge < -0.3 is 9.64 Å². The second kappa shape index (κ2) is 6.98. The fourth-order valence-corrected chi connectivity index (χ4v) is 5.31. The molecular formula is C17H23N5O3S. The standard InChI is InChI=1S/C17H23N5O3S/c1-25-17-15-12-14(4-5-16(15)18-13-19-17)20-8-10-22(11-9-20)26(23,24)21-6-2-3-7-21/h4-5,12-13H,2-3,6-11H2,1H3. The number of aromatic nitrogens is 2. The SMILES string of the molecule is COc1ncnc2ccc(N3CCN(S(=O)(=O)N4CCCC4)CC3)cc12. The van der Waals surface area contributed by atoms with Crippen LogP contribution in [0, 0.1) is 0 Å². The van der Waals surface area contributed by atoms with Gasteiger partial charge in [0.25, 0.3) is 10.2 Å². The Labute approximate surface area is 153 Å². The first-order valence-electron chi connectivity index (χ1n) is 8.88. The summed E-state index contributed by atoms with van der Waals surface area (Å²) in [6.45, 7) is 3.61. The van der Waals surface area contributed by atoms with Crippen molar-refractivity contribution < 1.29 is 13.2 Å². The Morgan fingerprint density at radius 1 is 0.962 bits per heavy atom.